The van der Waals surface area contributed by atoms with Crippen molar-refractivity contribution in [2.24, 2.45) is 7.05 Å². The summed E-state index contributed by atoms with van der Waals surface area (Å²) >= 11 is 6.06. The molecule has 98 valence electrons. The Morgan fingerprint density at radius 3 is 2.56 bits per heavy atom. The third-order valence-corrected chi connectivity index (χ3v) is 3.55. The van der Waals surface area contributed by atoms with Gasteiger partial charge in [0.05, 0.1) is 11.6 Å². The monoisotopic (exact) mass is 266 g/mol. The lowest BCUT2D eigenvalue weighted by Gasteiger charge is -2.22. The Balaban J connectivity index is 2.68. The molecule has 0 fully saturated rings. The first-order valence-corrected chi connectivity index (χ1v) is 6.79. The normalized spacial score (nSPS) is 11.2. The fourth-order valence-electron chi connectivity index (χ4n) is 2.27. The first-order valence-electron chi connectivity index (χ1n) is 6.26. The summed E-state index contributed by atoms with van der Waals surface area (Å²) in [5.74, 6) is 1.45. The summed E-state index contributed by atoms with van der Waals surface area (Å²) in [5, 5.41) is 5.50. The maximum absolute atomic E-state index is 6.06. The van der Waals surface area contributed by atoms with E-state index < -0.39 is 0 Å². The predicted molar refractivity (Wildman–Crippen MR) is 76.4 cm³/mol. The molecule has 0 aromatic carbocycles. The Kier molecular flexibility index (Phi) is 3.76. The Labute approximate surface area is 113 Å². The second-order valence-corrected chi connectivity index (χ2v) is 4.62. The molecule has 2 aromatic heterocycles. The van der Waals surface area contributed by atoms with Gasteiger partial charge >= 0.3 is 0 Å². The topological polar surface area (TPSA) is 34.0 Å². The molecule has 0 atom stereocenters. The lowest BCUT2D eigenvalue weighted by molar-refractivity contribution is 0.769. The Hall–Kier alpha value is -1.29. The lowest BCUT2D eigenvalue weighted by Crippen LogP contribution is -2.24. The van der Waals surface area contributed by atoms with Gasteiger partial charge in [-0.3, -0.25) is 4.68 Å². The SMILES string of the molecule is CCN(CC)c1nc2c(cc1CCl)c(C)nn2C. The molecule has 0 aliphatic rings. The molecule has 4 nitrogen and oxygen atoms in total. The van der Waals surface area contributed by atoms with Crippen molar-refractivity contribution in [2.45, 2.75) is 26.7 Å². The number of aromatic nitrogens is 3. The molecule has 0 aliphatic heterocycles. The van der Waals surface area contributed by atoms with E-state index in [1.165, 1.54) is 0 Å². The van der Waals surface area contributed by atoms with E-state index in [0.717, 1.165) is 41.2 Å². The molecule has 0 saturated carbocycles. The molecule has 0 unspecified atom stereocenters. The number of nitrogens with zero attached hydrogens (tertiary/aromatic N) is 4. The van der Waals surface area contributed by atoms with E-state index in [-0.39, 0.29) is 0 Å². The fraction of sp³-hybridized carbons (Fsp3) is 0.538. The number of hydrogen-bond donors (Lipinski definition) is 0. The van der Waals surface area contributed by atoms with Gasteiger partial charge in [-0.2, -0.15) is 5.10 Å². The van der Waals surface area contributed by atoms with Gasteiger partial charge in [0.25, 0.3) is 0 Å². The third kappa shape index (κ3) is 2.05. The maximum atomic E-state index is 6.06. The fourth-order valence-corrected chi connectivity index (χ4v) is 2.47. The summed E-state index contributed by atoms with van der Waals surface area (Å²) in [7, 11) is 1.93. The summed E-state index contributed by atoms with van der Waals surface area (Å²) in [6, 6.07) is 2.12. The van der Waals surface area contributed by atoms with Gasteiger partial charge in [0.2, 0.25) is 0 Å². The Morgan fingerprint density at radius 1 is 1.33 bits per heavy atom. The highest BCUT2D eigenvalue weighted by molar-refractivity contribution is 6.17. The molecule has 0 bridgehead atoms. The van der Waals surface area contributed by atoms with Crippen molar-refractivity contribution >= 4 is 28.5 Å². The van der Waals surface area contributed by atoms with Crippen molar-refractivity contribution in [2.75, 3.05) is 18.0 Å². The molecular weight excluding hydrogens is 248 g/mol. The van der Waals surface area contributed by atoms with E-state index >= 15 is 0 Å². The lowest BCUT2D eigenvalue weighted by atomic mass is 10.2. The van der Waals surface area contributed by atoms with Gasteiger partial charge < -0.3 is 4.90 Å². The number of pyridine rings is 1. The molecule has 0 spiro atoms. The summed E-state index contributed by atoms with van der Waals surface area (Å²) in [4.78, 5) is 6.97. The quantitative estimate of drug-likeness (QED) is 0.798. The van der Waals surface area contributed by atoms with E-state index in [9.17, 15) is 0 Å². The molecule has 2 rings (SSSR count). The van der Waals surface area contributed by atoms with E-state index in [1.54, 1.807) is 0 Å². The first kappa shape index (κ1) is 13.1. The highest BCUT2D eigenvalue weighted by atomic mass is 35.5. The van der Waals surface area contributed by atoms with Gasteiger partial charge in [-0.25, -0.2) is 4.98 Å². The molecule has 0 radical (unpaired) electrons. The summed E-state index contributed by atoms with van der Waals surface area (Å²) < 4.78 is 1.83. The van der Waals surface area contributed by atoms with Crippen molar-refractivity contribution in [3.05, 3.63) is 17.3 Å². The highest BCUT2D eigenvalue weighted by Gasteiger charge is 2.15. The zero-order chi connectivity index (χ0) is 13.3. The zero-order valence-corrected chi connectivity index (χ0v) is 12.1. The van der Waals surface area contributed by atoms with Crippen LogP contribution in [-0.2, 0) is 12.9 Å². The van der Waals surface area contributed by atoms with Crippen molar-refractivity contribution < 1.29 is 0 Å². The molecule has 2 heterocycles. The van der Waals surface area contributed by atoms with Crippen molar-refractivity contribution in [3.63, 3.8) is 0 Å². The average molecular weight is 267 g/mol. The molecule has 0 N–H and O–H groups in total. The van der Waals surface area contributed by atoms with E-state index in [4.69, 9.17) is 16.6 Å². The van der Waals surface area contributed by atoms with Crippen LogP contribution in [0, 0.1) is 6.92 Å². The second-order valence-electron chi connectivity index (χ2n) is 4.36. The molecule has 5 heteroatoms. The minimum atomic E-state index is 0.475. The number of fused-ring (bicyclic) bond motifs is 1. The van der Waals surface area contributed by atoms with Gasteiger partial charge in [-0.1, -0.05) is 0 Å². The molecule has 18 heavy (non-hydrogen) atoms. The van der Waals surface area contributed by atoms with Crippen LogP contribution >= 0.6 is 11.6 Å². The highest BCUT2D eigenvalue weighted by Crippen LogP contribution is 2.26. The largest absolute Gasteiger partial charge is 0.357 e. The summed E-state index contributed by atoms with van der Waals surface area (Å²) in [6.45, 7) is 8.11. The van der Waals surface area contributed by atoms with Crippen LogP contribution < -0.4 is 4.90 Å². The Bertz CT molecular complexity index is 558. The van der Waals surface area contributed by atoms with Gasteiger partial charge in [0.1, 0.15) is 5.82 Å². The zero-order valence-electron chi connectivity index (χ0n) is 11.4. The molecule has 0 aliphatic carbocycles. The molecular formula is C13H19ClN4. The first-order chi connectivity index (χ1) is 8.62. The maximum Gasteiger partial charge on any atom is 0.160 e. The van der Waals surface area contributed by atoms with Gasteiger partial charge in [0.15, 0.2) is 5.65 Å². The van der Waals surface area contributed by atoms with Crippen LogP contribution in [0.5, 0.6) is 0 Å². The van der Waals surface area contributed by atoms with Crippen LogP contribution in [0.4, 0.5) is 5.82 Å². The minimum absolute atomic E-state index is 0.475. The van der Waals surface area contributed by atoms with E-state index in [0.29, 0.717) is 5.88 Å². The second kappa shape index (κ2) is 5.14. The predicted octanol–water partition coefficient (Wildman–Crippen LogP) is 2.86. The number of aryl methyl sites for hydroxylation is 2. The van der Waals surface area contributed by atoms with Crippen LogP contribution in [-0.4, -0.2) is 27.9 Å². The third-order valence-electron chi connectivity index (χ3n) is 3.26. The van der Waals surface area contributed by atoms with Crippen molar-refractivity contribution in [3.8, 4) is 0 Å². The molecule has 2 aromatic rings. The van der Waals surface area contributed by atoms with Crippen molar-refractivity contribution in [1.29, 1.82) is 0 Å². The Morgan fingerprint density at radius 2 is 2.00 bits per heavy atom. The number of hydrogen-bond acceptors (Lipinski definition) is 3. The summed E-state index contributed by atoms with van der Waals surface area (Å²) in [6.07, 6.45) is 0. The number of rotatable bonds is 4. The van der Waals surface area contributed by atoms with E-state index in [2.05, 4.69) is 29.9 Å². The number of alkyl halides is 1. The molecule has 0 saturated heterocycles. The smallest absolute Gasteiger partial charge is 0.160 e. The van der Waals surface area contributed by atoms with Crippen LogP contribution in [0.25, 0.3) is 11.0 Å². The minimum Gasteiger partial charge on any atom is -0.357 e. The molecule has 0 amide bonds. The number of anilines is 1. The standard InChI is InChI=1S/C13H19ClN4/c1-5-18(6-2)12-10(8-14)7-11-9(3)16-17(4)13(11)15-12/h7H,5-6,8H2,1-4H3. The van der Waals surface area contributed by atoms with Gasteiger partial charge in [0, 0.05) is 31.1 Å². The van der Waals surface area contributed by atoms with Gasteiger partial charge in [-0.15, -0.1) is 11.6 Å². The summed E-state index contributed by atoms with van der Waals surface area (Å²) in [5.41, 5.74) is 2.99. The number of halogens is 1. The van der Waals surface area contributed by atoms with Crippen molar-refractivity contribution in [1.82, 2.24) is 14.8 Å². The van der Waals surface area contributed by atoms with Crippen LogP contribution in [0.2, 0.25) is 0 Å². The van der Waals surface area contributed by atoms with Crippen LogP contribution in [0.3, 0.4) is 0 Å². The van der Waals surface area contributed by atoms with Gasteiger partial charge in [-0.05, 0) is 26.8 Å². The van der Waals surface area contributed by atoms with E-state index in [1.807, 2.05) is 18.7 Å². The average Bonchev–Trinajstić information content (AvgIpc) is 2.65. The van der Waals surface area contributed by atoms with Crippen LogP contribution in [0.1, 0.15) is 25.1 Å². The van der Waals surface area contributed by atoms with Crippen LogP contribution in [0.15, 0.2) is 6.07 Å².